The SMILES string of the molecule is Cc1csc(C(=O)N[C@@H]2CCNC2)c1Cl. The molecule has 0 radical (unpaired) electrons. The Morgan fingerprint density at radius 1 is 1.73 bits per heavy atom. The van der Waals surface area contributed by atoms with Gasteiger partial charge in [0.15, 0.2) is 0 Å². The van der Waals surface area contributed by atoms with Crippen molar-refractivity contribution in [2.75, 3.05) is 13.1 Å². The van der Waals surface area contributed by atoms with Crippen molar-refractivity contribution < 1.29 is 4.79 Å². The summed E-state index contributed by atoms with van der Waals surface area (Å²) in [5, 5.41) is 8.67. The van der Waals surface area contributed by atoms with Gasteiger partial charge in [0.2, 0.25) is 0 Å². The molecule has 1 fully saturated rings. The third-order valence-electron chi connectivity index (χ3n) is 2.50. The first-order valence-electron chi connectivity index (χ1n) is 4.93. The first-order valence-corrected chi connectivity index (χ1v) is 6.19. The molecule has 0 aromatic carbocycles. The van der Waals surface area contributed by atoms with Crippen molar-refractivity contribution >= 4 is 28.8 Å². The second kappa shape index (κ2) is 4.51. The van der Waals surface area contributed by atoms with E-state index in [9.17, 15) is 4.79 Å². The van der Waals surface area contributed by atoms with Crippen molar-refractivity contribution in [1.29, 1.82) is 0 Å². The van der Waals surface area contributed by atoms with Gasteiger partial charge in [0.25, 0.3) is 5.91 Å². The van der Waals surface area contributed by atoms with Crippen LogP contribution in [0.4, 0.5) is 0 Å². The summed E-state index contributed by atoms with van der Waals surface area (Å²) in [7, 11) is 0. The molecule has 82 valence electrons. The summed E-state index contributed by atoms with van der Waals surface area (Å²) in [6.07, 6.45) is 0.994. The normalized spacial score (nSPS) is 20.5. The van der Waals surface area contributed by atoms with E-state index in [1.54, 1.807) is 0 Å². The highest BCUT2D eigenvalue weighted by Crippen LogP contribution is 2.27. The van der Waals surface area contributed by atoms with E-state index >= 15 is 0 Å². The predicted molar refractivity (Wildman–Crippen MR) is 62.8 cm³/mol. The summed E-state index contributed by atoms with van der Waals surface area (Å²) in [6, 6.07) is 0.246. The number of carbonyl (C=O) groups excluding carboxylic acids is 1. The van der Waals surface area contributed by atoms with Crippen LogP contribution in [0.1, 0.15) is 21.7 Å². The van der Waals surface area contributed by atoms with Crippen molar-refractivity contribution in [2.45, 2.75) is 19.4 Å². The number of carbonyl (C=O) groups is 1. The van der Waals surface area contributed by atoms with Crippen LogP contribution in [-0.4, -0.2) is 25.0 Å². The Labute approximate surface area is 97.8 Å². The van der Waals surface area contributed by atoms with Gasteiger partial charge in [-0.2, -0.15) is 0 Å². The van der Waals surface area contributed by atoms with E-state index in [0.29, 0.717) is 9.90 Å². The summed E-state index contributed by atoms with van der Waals surface area (Å²) in [5.74, 6) is -0.0493. The highest BCUT2D eigenvalue weighted by Gasteiger charge is 2.20. The zero-order chi connectivity index (χ0) is 10.8. The van der Waals surface area contributed by atoms with Crippen LogP contribution in [0.3, 0.4) is 0 Å². The molecule has 1 aliphatic rings. The Kier molecular flexibility index (Phi) is 3.29. The zero-order valence-electron chi connectivity index (χ0n) is 8.47. The predicted octanol–water partition coefficient (Wildman–Crippen LogP) is 1.80. The van der Waals surface area contributed by atoms with Gasteiger partial charge in [-0.3, -0.25) is 4.79 Å². The van der Waals surface area contributed by atoms with Gasteiger partial charge in [-0.25, -0.2) is 0 Å². The van der Waals surface area contributed by atoms with Crippen molar-refractivity contribution in [3.63, 3.8) is 0 Å². The minimum Gasteiger partial charge on any atom is -0.347 e. The lowest BCUT2D eigenvalue weighted by Crippen LogP contribution is -2.35. The highest BCUT2D eigenvalue weighted by molar-refractivity contribution is 7.13. The van der Waals surface area contributed by atoms with Crippen LogP contribution in [0.5, 0.6) is 0 Å². The quantitative estimate of drug-likeness (QED) is 0.833. The van der Waals surface area contributed by atoms with Gasteiger partial charge in [0.05, 0.1) is 5.02 Å². The number of aryl methyl sites for hydroxylation is 1. The number of thiophene rings is 1. The molecule has 5 heteroatoms. The number of rotatable bonds is 2. The van der Waals surface area contributed by atoms with Crippen LogP contribution in [0.2, 0.25) is 5.02 Å². The summed E-state index contributed by atoms with van der Waals surface area (Å²) < 4.78 is 0. The molecule has 2 rings (SSSR count). The Balaban J connectivity index is 2.04. The van der Waals surface area contributed by atoms with Crippen LogP contribution in [0, 0.1) is 6.92 Å². The van der Waals surface area contributed by atoms with Crippen LogP contribution in [-0.2, 0) is 0 Å². The molecule has 0 aliphatic carbocycles. The highest BCUT2D eigenvalue weighted by atomic mass is 35.5. The Morgan fingerprint density at radius 2 is 2.53 bits per heavy atom. The van der Waals surface area contributed by atoms with Crippen LogP contribution in [0.25, 0.3) is 0 Å². The van der Waals surface area contributed by atoms with E-state index in [1.807, 2.05) is 12.3 Å². The Hall–Kier alpha value is -0.580. The van der Waals surface area contributed by atoms with Gasteiger partial charge >= 0.3 is 0 Å². The largest absolute Gasteiger partial charge is 0.347 e. The van der Waals surface area contributed by atoms with E-state index in [0.717, 1.165) is 25.1 Å². The van der Waals surface area contributed by atoms with E-state index in [-0.39, 0.29) is 11.9 Å². The maximum absolute atomic E-state index is 11.8. The fourth-order valence-electron chi connectivity index (χ4n) is 1.61. The van der Waals surface area contributed by atoms with E-state index in [1.165, 1.54) is 11.3 Å². The van der Waals surface area contributed by atoms with Gasteiger partial charge in [-0.1, -0.05) is 11.6 Å². The molecule has 1 aromatic heterocycles. The van der Waals surface area contributed by atoms with Gasteiger partial charge in [-0.15, -0.1) is 11.3 Å². The smallest absolute Gasteiger partial charge is 0.263 e. The van der Waals surface area contributed by atoms with Crippen LogP contribution >= 0.6 is 22.9 Å². The van der Waals surface area contributed by atoms with Crippen LogP contribution < -0.4 is 10.6 Å². The molecule has 0 unspecified atom stereocenters. The molecule has 1 saturated heterocycles. The molecule has 1 atom stereocenters. The second-order valence-electron chi connectivity index (χ2n) is 3.73. The third-order valence-corrected chi connectivity index (χ3v) is 4.20. The lowest BCUT2D eigenvalue weighted by atomic mass is 10.2. The van der Waals surface area contributed by atoms with Gasteiger partial charge in [0, 0.05) is 12.6 Å². The Morgan fingerprint density at radius 3 is 3.07 bits per heavy atom. The fraction of sp³-hybridized carbons (Fsp3) is 0.500. The van der Waals surface area contributed by atoms with Crippen molar-refractivity contribution in [1.82, 2.24) is 10.6 Å². The van der Waals surface area contributed by atoms with Crippen molar-refractivity contribution in [3.8, 4) is 0 Å². The van der Waals surface area contributed by atoms with Crippen molar-refractivity contribution in [2.24, 2.45) is 0 Å². The number of amides is 1. The minimum atomic E-state index is -0.0493. The molecule has 1 aliphatic heterocycles. The first kappa shape index (κ1) is 10.9. The van der Waals surface area contributed by atoms with Gasteiger partial charge in [0.1, 0.15) is 4.88 Å². The number of hydrogen-bond donors (Lipinski definition) is 2. The van der Waals surface area contributed by atoms with E-state index < -0.39 is 0 Å². The molecule has 0 spiro atoms. The van der Waals surface area contributed by atoms with E-state index in [2.05, 4.69) is 10.6 Å². The maximum atomic E-state index is 11.8. The second-order valence-corrected chi connectivity index (χ2v) is 4.98. The molecule has 0 bridgehead atoms. The number of hydrogen-bond acceptors (Lipinski definition) is 3. The maximum Gasteiger partial charge on any atom is 0.263 e. The minimum absolute atomic E-state index is 0.0493. The molecule has 0 saturated carbocycles. The fourth-order valence-corrected chi connectivity index (χ4v) is 2.79. The average molecular weight is 245 g/mol. The first-order chi connectivity index (χ1) is 7.18. The standard InChI is InChI=1S/C10H13ClN2OS/c1-6-5-15-9(8(6)11)10(14)13-7-2-3-12-4-7/h5,7,12H,2-4H2,1H3,(H,13,14)/t7-/m1/s1. The molecule has 15 heavy (non-hydrogen) atoms. The summed E-state index contributed by atoms with van der Waals surface area (Å²) in [5.41, 5.74) is 0.969. The topological polar surface area (TPSA) is 41.1 Å². The van der Waals surface area contributed by atoms with Crippen LogP contribution in [0.15, 0.2) is 5.38 Å². The lowest BCUT2D eigenvalue weighted by molar-refractivity contribution is 0.0944. The zero-order valence-corrected chi connectivity index (χ0v) is 10.0. The molecule has 1 aromatic rings. The summed E-state index contributed by atoms with van der Waals surface area (Å²) in [6.45, 7) is 3.74. The molecule has 2 N–H and O–H groups in total. The summed E-state index contributed by atoms with van der Waals surface area (Å²) >= 11 is 7.43. The van der Waals surface area contributed by atoms with Gasteiger partial charge < -0.3 is 10.6 Å². The molecule has 1 amide bonds. The summed E-state index contributed by atoms with van der Waals surface area (Å²) in [4.78, 5) is 12.4. The lowest BCUT2D eigenvalue weighted by Gasteiger charge is -2.10. The molecule has 2 heterocycles. The molecular formula is C10H13ClN2OS. The molecule has 3 nitrogen and oxygen atoms in total. The van der Waals surface area contributed by atoms with E-state index in [4.69, 9.17) is 11.6 Å². The average Bonchev–Trinajstić information content (AvgIpc) is 2.79. The Bertz CT molecular complexity index is 371. The van der Waals surface area contributed by atoms with Crippen molar-refractivity contribution in [3.05, 3.63) is 20.8 Å². The molecular weight excluding hydrogens is 232 g/mol. The van der Waals surface area contributed by atoms with Gasteiger partial charge in [-0.05, 0) is 30.8 Å². The third kappa shape index (κ3) is 2.33. The number of halogens is 1. The monoisotopic (exact) mass is 244 g/mol. The number of nitrogens with one attached hydrogen (secondary N) is 2.